The lowest BCUT2D eigenvalue weighted by atomic mass is 10.3. The second kappa shape index (κ2) is 5.82. The van der Waals surface area contributed by atoms with E-state index in [1.165, 1.54) is 11.9 Å². The maximum Gasteiger partial charge on any atom is 0.433 e. The van der Waals surface area contributed by atoms with Gasteiger partial charge in [-0.15, -0.1) is 0 Å². The lowest BCUT2D eigenvalue weighted by Crippen LogP contribution is -2.27. The van der Waals surface area contributed by atoms with Gasteiger partial charge in [0.15, 0.2) is 5.69 Å². The van der Waals surface area contributed by atoms with Crippen LogP contribution in [0.5, 0.6) is 0 Å². The first-order valence-electron chi connectivity index (χ1n) is 6.61. The molecule has 2 heterocycles. The molecule has 1 amide bonds. The third-order valence-electron chi connectivity index (χ3n) is 3.24. The summed E-state index contributed by atoms with van der Waals surface area (Å²) in [5.41, 5.74) is -0.395. The summed E-state index contributed by atoms with van der Waals surface area (Å²) in [6, 6.07) is 2.52. The number of aryl methyl sites for hydroxylation is 2. The Labute approximate surface area is 125 Å². The van der Waals surface area contributed by atoms with Crippen molar-refractivity contribution in [3.05, 3.63) is 35.4 Å². The molecule has 0 spiro atoms. The van der Waals surface area contributed by atoms with Gasteiger partial charge in [-0.1, -0.05) is 0 Å². The molecule has 2 rings (SSSR count). The molecule has 0 aliphatic heterocycles. The molecule has 0 saturated heterocycles. The molecule has 2 aromatic heterocycles. The summed E-state index contributed by atoms with van der Waals surface area (Å²) in [7, 11) is 2.67. The van der Waals surface area contributed by atoms with E-state index in [0.717, 1.165) is 18.8 Å². The third kappa shape index (κ3) is 3.12. The predicted molar refractivity (Wildman–Crippen MR) is 71.9 cm³/mol. The van der Waals surface area contributed by atoms with Crippen molar-refractivity contribution in [1.29, 1.82) is 0 Å². The first-order chi connectivity index (χ1) is 10.2. The Bertz CT molecular complexity index is 674. The van der Waals surface area contributed by atoms with Crippen LogP contribution in [0.4, 0.5) is 13.2 Å². The number of aromatic nitrogens is 4. The number of rotatable bonds is 4. The van der Waals surface area contributed by atoms with Crippen LogP contribution in [0.1, 0.15) is 28.8 Å². The molecule has 0 aliphatic carbocycles. The zero-order valence-corrected chi connectivity index (χ0v) is 12.4. The van der Waals surface area contributed by atoms with Gasteiger partial charge in [-0.2, -0.15) is 23.4 Å². The van der Waals surface area contributed by atoms with Crippen molar-refractivity contribution >= 4 is 5.91 Å². The Kier molecular flexibility index (Phi) is 4.25. The fourth-order valence-electron chi connectivity index (χ4n) is 2.13. The van der Waals surface area contributed by atoms with Crippen LogP contribution >= 0.6 is 0 Å². The smallest absolute Gasteiger partial charge is 0.334 e. The monoisotopic (exact) mass is 315 g/mol. The standard InChI is InChI=1S/C13H16F3N5O/c1-4-21-9(5-6-17-21)8-19(2)12(22)10-7-11(13(14,15)16)20(3)18-10/h5-7H,4,8H2,1-3H3. The van der Waals surface area contributed by atoms with Crippen molar-refractivity contribution < 1.29 is 18.0 Å². The average Bonchev–Trinajstić information content (AvgIpc) is 3.03. The summed E-state index contributed by atoms with van der Waals surface area (Å²) in [5, 5.41) is 7.73. The maximum atomic E-state index is 12.7. The number of carbonyl (C=O) groups excluding carboxylic acids is 1. The summed E-state index contributed by atoms with van der Waals surface area (Å²) in [4.78, 5) is 13.5. The van der Waals surface area contributed by atoms with E-state index in [0.29, 0.717) is 11.2 Å². The molecule has 6 nitrogen and oxygen atoms in total. The van der Waals surface area contributed by atoms with Crippen LogP contribution in [-0.2, 0) is 26.3 Å². The third-order valence-corrected chi connectivity index (χ3v) is 3.24. The van der Waals surface area contributed by atoms with Gasteiger partial charge in [0, 0.05) is 32.9 Å². The average molecular weight is 315 g/mol. The minimum Gasteiger partial charge on any atom is -0.334 e. The van der Waals surface area contributed by atoms with E-state index in [2.05, 4.69) is 10.2 Å². The summed E-state index contributed by atoms with van der Waals surface area (Å²) in [6.07, 6.45) is -2.93. The van der Waals surface area contributed by atoms with E-state index in [9.17, 15) is 18.0 Å². The summed E-state index contributed by atoms with van der Waals surface area (Å²) < 4.78 is 40.6. The second-order valence-corrected chi connectivity index (χ2v) is 4.84. The second-order valence-electron chi connectivity index (χ2n) is 4.84. The lowest BCUT2D eigenvalue weighted by Gasteiger charge is -2.16. The Balaban J connectivity index is 2.18. The molecule has 0 radical (unpaired) electrons. The van der Waals surface area contributed by atoms with Crippen molar-refractivity contribution in [2.75, 3.05) is 7.05 Å². The number of amides is 1. The molecular weight excluding hydrogens is 299 g/mol. The van der Waals surface area contributed by atoms with Gasteiger partial charge < -0.3 is 4.90 Å². The molecule has 120 valence electrons. The van der Waals surface area contributed by atoms with Crippen LogP contribution in [0.2, 0.25) is 0 Å². The number of hydrogen-bond acceptors (Lipinski definition) is 3. The van der Waals surface area contributed by atoms with Gasteiger partial charge >= 0.3 is 6.18 Å². The van der Waals surface area contributed by atoms with E-state index in [-0.39, 0.29) is 12.2 Å². The SMILES string of the molecule is CCn1nccc1CN(C)C(=O)c1cc(C(F)(F)F)n(C)n1. The number of alkyl halides is 3. The topological polar surface area (TPSA) is 56.0 Å². The van der Waals surface area contributed by atoms with E-state index in [1.807, 2.05) is 6.92 Å². The maximum absolute atomic E-state index is 12.7. The minimum atomic E-state index is -4.54. The summed E-state index contributed by atoms with van der Waals surface area (Å²) in [5.74, 6) is -0.574. The van der Waals surface area contributed by atoms with Crippen molar-refractivity contribution in [1.82, 2.24) is 24.5 Å². The lowest BCUT2D eigenvalue weighted by molar-refractivity contribution is -0.143. The molecule has 0 aliphatic rings. The van der Waals surface area contributed by atoms with Gasteiger partial charge in [0.2, 0.25) is 0 Å². The molecule has 0 saturated carbocycles. The molecule has 9 heteroatoms. The highest BCUT2D eigenvalue weighted by molar-refractivity contribution is 5.92. The van der Waals surface area contributed by atoms with Gasteiger partial charge in [-0.05, 0) is 13.0 Å². The van der Waals surface area contributed by atoms with Gasteiger partial charge in [0.25, 0.3) is 5.91 Å². The highest BCUT2D eigenvalue weighted by Crippen LogP contribution is 2.29. The number of nitrogens with zero attached hydrogens (tertiary/aromatic N) is 5. The quantitative estimate of drug-likeness (QED) is 0.866. The molecular formula is C13H16F3N5O. The van der Waals surface area contributed by atoms with E-state index in [1.54, 1.807) is 16.9 Å². The Hall–Kier alpha value is -2.32. The molecule has 0 aromatic carbocycles. The molecule has 22 heavy (non-hydrogen) atoms. The van der Waals surface area contributed by atoms with Gasteiger partial charge in [-0.3, -0.25) is 14.2 Å². The molecule has 0 N–H and O–H groups in total. The summed E-state index contributed by atoms with van der Waals surface area (Å²) >= 11 is 0. The van der Waals surface area contributed by atoms with Crippen LogP contribution in [0.15, 0.2) is 18.3 Å². The minimum absolute atomic E-state index is 0.236. The zero-order valence-electron chi connectivity index (χ0n) is 12.4. The van der Waals surface area contributed by atoms with E-state index < -0.39 is 17.8 Å². The van der Waals surface area contributed by atoms with Crippen LogP contribution in [0, 0.1) is 0 Å². The molecule has 0 bridgehead atoms. The molecule has 2 aromatic rings. The number of halogens is 3. The van der Waals surface area contributed by atoms with Crippen molar-refractivity contribution in [2.45, 2.75) is 26.2 Å². The van der Waals surface area contributed by atoms with Crippen LogP contribution in [-0.4, -0.2) is 37.4 Å². The van der Waals surface area contributed by atoms with Crippen LogP contribution in [0.3, 0.4) is 0 Å². The van der Waals surface area contributed by atoms with Crippen molar-refractivity contribution in [3.63, 3.8) is 0 Å². The largest absolute Gasteiger partial charge is 0.433 e. The van der Waals surface area contributed by atoms with Gasteiger partial charge in [-0.25, -0.2) is 0 Å². The highest BCUT2D eigenvalue weighted by Gasteiger charge is 2.36. The van der Waals surface area contributed by atoms with Crippen molar-refractivity contribution in [3.8, 4) is 0 Å². The Morgan fingerprint density at radius 3 is 2.64 bits per heavy atom. The molecule has 0 atom stereocenters. The predicted octanol–water partition coefficient (Wildman–Crippen LogP) is 1.93. The van der Waals surface area contributed by atoms with Crippen LogP contribution in [0.25, 0.3) is 0 Å². The Morgan fingerprint density at radius 2 is 2.09 bits per heavy atom. The van der Waals surface area contributed by atoms with Crippen molar-refractivity contribution in [2.24, 2.45) is 7.05 Å². The van der Waals surface area contributed by atoms with E-state index >= 15 is 0 Å². The normalized spacial score (nSPS) is 11.7. The fourth-order valence-corrected chi connectivity index (χ4v) is 2.13. The molecule has 0 unspecified atom stereocenters. The Morgan fingerprint density at radius 1 is 1.41 bits per heavy atom. The van der Waals surface area contributed by atoms with E-state index in [4.69, 9.17) is 0 Å². The highest BCUT2D eigenvalue weighted by atomic mass is 19.4. The van der Waals surface area contributed by atoms with Crippen LogP contribution < -0.4 is 0 Å². The first kappa shape index (κ1) is 16.1. The number of hydrogen-bond donors (Lipinski definition) is 0. The van der Waals surface area contributed by atoms with Gasteiger partial charge in [0.05, 0.1) is 12.2 Å². The number of carbonyl (C=O) groups is 1. The summed E-state index contributed by atoms with van der Waals surface area (Å²) in [6.45, 7) is 2.80. The fraction of sp³-hybridized carbons (Fsp3) is 0.462. The first-order valence-corrected chi connectivity index (χ1v) is 6.61. The van der Waals surface area contributed by atoms with Gasteiger partial charge in [0.1, 0.15) is 5.69 Å². The zero-order chi connectivity index (χ0) is 16.5. The molecule has 0 fully saturated rings.